The number of aliphatic hydroxyl groups is 1. The lowest BCUT2D eigenvalue weighted by Gasteiger charge is -2.22. The quantitative estimate of drug-likeness (QED) is 0.594. The zero-order chi connectivity index (χ0) is 17.9. The SMILES string of the molecule is N#CCOc1ccc(NC(=O)NCCCCN2CCCC2CO)cc1. The molecule has 7 heteroatoms. The van der Waals surface area contributed by atoms with Gasteiger partial charge < -0.3 is 20.5 Å². The van der Waals surface area contributed by atoms with E-state index in [2.05, 4.69) is 15.5 Å². The summed E-state index contributed by atoms with van der Waals surface area (Å²) in [4.78, 5) is 14.2. The normalized spacial score (nSPS) is 17.0. The van der Waals surface area contributed by atoms with Gasteiger partial charge in [-0.1, -0.05) is 0 Å². The van der Waals surface area contributed by atoms with Crippen LogP contribution in [0.15, 0.2) is 24.3 Å². The highest BCUT2D eigenvalue weighted by Crippen LogP contribution is 2.17. The van der Waals surface area contributed by atoms with Gasteiger partial charge >= 0.3 is 6.03 Å². The first-order valence-electron chi connectivity index (χ1n) is 8.72. The molecular weight excluding hydrogens is 320 g/mol. The van der Waals surface area contributed by atoms with Crippen LogP contribution in [0.3, 0.4) is 0 Å². The van der Waals surface area contributed by atoms with Gasteiger partial charge in [0.2, 0.25) is 0 Å². The summed E-state index contributed by atoms with van der Waals surface area (Å²) in [6.45, 7) is 2.89. The molecule has 1 aromatic carbocycles. The number of nitrogens with zero attached hydrogens (tertiary/aromatic N) is 2. The molecule has 0 radical (unpaired) electrons. The van der Waals surface area contributed by atoms with Crippen molar-refractivity contribution in [2.45, 2.75) is 31.7 Å². The molecule has 2 rings (SSSR count). The minimum atomic E-state index is -0.236. The number of hydrogen-bond donors (Lipinski definition) is 3. The Labute approximate surface area is 148 Å². The summed E-state index contributed by atoms with van der Waals surface area (Å²) in [5.74, 6) is 0.593. The summed E-state index contributed by atoms with van der Waals surface area (Å²) < 4.78 is 5.16. The van der Waals surface area contributed by atoms with Crippen LogP contribution in [0.25, 0.3) is 0 Å². The maximum absolute atomic E-state index is 11.8. The Bertz CT molecular complexity index is 571. The minimum Gasteiger partial charge on any atom is -0.479 e. The molecule has 0 aromatic heterocycles. The summed E-state index contributed by atoms with van der Waals surface area (Å²) in [5.41, 5.74) is 0.671. The number of hydrogen-bond acceptors (Lipinski definition) is 5. The number of unbranched alkanes of at least 4 members (excludes halogenated alkanes) is 1. The van der Waals surface area contributed by atoms with Crippen LogP contribution in [-0.4, -0.2) is 54.9 Å². The van der Waals surface area contributed by atoms with E-state index in [1.807, 2.05) is 6.07 Å². The number of carbonyl (C=O) groups excluding carboxylic acids is 1. The van der Waals surface area contributed by atoms with Crippen molar-refractivity contribution in [2.24, 2.45) is 0 Å². The number of rotatable bonds is 9. The molecule has 3 N–H and O–H groups in total. The Hall–Kier alpha value is -2.30. The highest BCUT2D eigenvalue weighted by Gasteiger charge is 2.22. The highest BCUT2D eigenvalue weighted by atomic mass is 16.5. The highest BCUT2D eigenvalue weighted by molar-refractivity contribution is 5.89. The lowest BCUT2D eigenvalue weighted by atomic mass is 10.2. The van der Waals surface area contributed by atoms with Crippen LogP contribution in [0.4, 0.5) is 10.5 Å². The van der Waals surface area contributed by atoms with E-state index in [9.17, 15) is 9.90 Å². The first-order valence-corrected chi connectivity index (χ1v) is 8.72. The van der Waals surface area contributed by atoms with Crippen LogP contribution < -0.4 is 15.4 Å². The number of carbonyl (C=O) groups is 1. The maximum Gasteiger partial charge on any atom is 0.319 e. The van der Waals surface area contributed by atoms with Crippen LogP contribution in [0, 0.1) is 11.3 Å². The number of urea groups is 1. The van der Waals surface area contributed by atoms with Crippen molar-refractivity contribution in [2.75, 3.05) is 38.2 Å². The van der Waals surface area contributed by atoms with E-state index < -0.39 is 0 Å². The van der Waals surface area contributed by atoms with E-state index >= 15 is 0 Å². The van der Waals surface area contributed by atoms with Gasteiger partial charge in [-0.3, -0.25) is 4.90 Å². The predicted molar refractivity (Wildman–Crippen MR) is 95.5 cm³/mol. The average Bonchev–Trinajstić information content (AvgIpc) is 3.08. The fourth-order valence-electron chi connectivity index (χ4n) is 2.96. The first kappa shape index (κ1) is 19.0. The molecule has 136 valence electrons. The van der Waals surface area contributed by atoms with Crippen LogP contribution in [0.1, 0.15) is 25.7 Å². The van der Waals surface area contributed by atoms with E-state index in [4.69, 9.17) is 10.00 Å². The van der Waals surface area contributed by atoms with Gasteiger partial charge in [0.25, 0.3) is 0 Å². The van der Waals surface area contributed by atoms with Crippen molar-refractivity contribution in [3.63, 3.8) is 0 Å². The van der Waals surface area contributed by atoms with Gasteiger partial charge in [0, 0.05) is 18.3 Å². The van der Waals surface area contributed by atoms with E-state index in [0.29, 0.717) is 24.0 Å². The van der Waals surface area contributed by atoms with Crippen LogP contribution in [0.2, 0.25) is 0 Å². The second-order valence-electron chi connectivity index (χ2n) is 6.07. The second kappa shape index (κ2) is 10.5. The molecule has 0 spiro atoms. The second-order valence-corrected chi connectivity index (χ2v) is 6.07. The van der Waals surface area contributed by atoms with Gasteiger partial charge in [0.05, 0.1) is 6.61 Å². The molecule has 1 aromatic rings. The van der Waals surface area contributed by atoms with E-state index in [-0.39, 0.29) is 19.2 Å². The van der Waals surface area contributed by atoms with Crippen LogP contribution in [0.5, 0.6) is 5.75 Å². The Morgan fingerprint density at radius 1 is 1.36 bits per heavy atom. The predicted octanol–water partition coefficient (Wildman–Crippen LogP) is 1.95. The number of aliphatic hydroxyl groups excluding tert-OH is 1. The van der Waals surface area contributed by atoms with Gasteiger partial charge in [-0.15, -0.1) is 0 Å². The number of ether oxygens (including phenoxy) is 1. The molecule has 25 heavy (non-hydrogen) atoms. The summed E-state index contributed by atoms with van der Waals surface area (Å²) >= 11 is 0. The van der Waals surface area contributed by atoms with Gasteiger partial charge in [0.15, 0.2) is 6.61 Å². The van der Waals surface area contributed by atoms with Crippen molar-refractivity contribution in [3.05, 3.63) is 24.3 Å². The summed E-state index contributed by atoms with van der Waals surface area (Å²) in [7, 11) is 0. The molecule has 1 saturated heterocycles. The van der Waals surface area contributed by atoms with Gasteiger partial charge in [0.1, 0.15) is 11.8 Å². The first-order chi connectivity index (χ1) is 12.2. The molecule has 0 saturated carbocycles. The van der Waals surface area contributed by atoms with Crippen molar-refractivity contribution in [3.8, 4) is 11.8 Å². The Morgan fingerprint density at radius 3 is 2.88 bits per heavy atom. The summed E-state index contributed by atoms with van der Waals surface area (Å²) in [5, 5.41) is 23.3. The Morgan fingerprint density at radius 2 is 2.16 bits per heavy atom. The fraction of sp³-hybridized carbons (Fsp3) is 0.556. The van der Waals surface area contributed by atoms with Crippen LogP contribution in [-0.2, 0) is 0 Å². The summed E-state index contributed by atoms with van der Waals surface area (Å²) in [6.07, 6.45) is 4.15. The zero-order valence-electron chi connectivity index (χ0n) is 14.4. The smallest absolute Gasteiger partial charge is 0.319 e. The maximum atomic E-state index is 11.8. The van der Waals surface area contributed by atoms with Gasteiger partial charge in [-0.2, -0.15) is 5.26 Å². The van der Waals surface area contributed by atoms with Gasteiger partial charge in [-0.05, 0) is 63.0 Å². The molecule has 0 bridgehead atoms. The molecule has 1 aliphatic rings. The lowest BCUT2D eigenvalue weighted by molar-refractivity contribution is 0.157. The third-order valence-corrected chi connectivity index (χ3v) is 4.28. The van der Waals surface area contributed by atoms with Crippen molar-refractivity contribution in [1.82, 2.24) is 10.2 Å². The minimum absolute atomic E-state index is 0.00371. The third-order valence-electron chi connectivity index (χ3n) is 4.28. The number of likely N-dealkylation sites (tertiary alicyclic amines) is 1. The van der Waals surface area contributed by atoms with E-state index in [1.54, 1.807) is 24.3 Å². The average molecular weight is 346 g/mol. The van der Waals surface area contributed by atoms with Crippen LogP contribution >= 0.6 is 0 Å². The van der Waals surface area contributed by atoms with E-state index in [0.717, 1.165) is 38.8 Å². The molecule has 0 aliphatic carbocycles. The molecule has 1 fully saturated rings. The van der Waals surface area contributed by atoms with Crippen molar-refractivity contribution in [1.29, 1.82) is 5.26 Å². The monoisotopic (exact) mass is 346 g/mol. The molecule has 1 unspecified atom stereocenters. The third kappa shape index (κ3) is 6.61. The summed E-state index contributed by atoms with van der Waals surface area (Å²) in [6, 6.07) is 8.86. The zero-order valence-corrected chi connectivity index (χ0v) is 14.4. The number of nitriles is 1. The lowest BCUT2D eigenvalue weighted by Crippen LogP contribution is -2.34. The van der Waals surface area contributed by atoms with Gasteiger partial charge in [-0.25, -0.2) is 4.79 Å². The van der Waals surface area contributed by atoms with E-state index in [1.165, 1.54) is 0 Å². The Balaban J connectivity index is 1.58. The number of benzene rings is 1. The van der Waals surface area contributed by atoms with Crippen molar-refractivity contribution >= 4 is 11.7 Å². The molecule has 7 nitrogen and oxygen atoms in total. The largest absolute Gasteiger partial charge is 0.479 e. The molecule has 1 atom stereocenters. The number of amides is 2. The Kier molecular flexibility index (Phi) is 8.02. The topological polar surface area (TPSA) is 97.6 Å². The number of nitrogens with one attached hydrogen (secondary N) is 2. The standard InChI is InChI=1S/C18H26N4O3/c19-9-13-25-17-7-5-15(6-8-17)21-18(24)20-10-1-2-11-22-12-3-4-16(22)14-23/h5-8,16,23H,1-4,10-14H2,(H2,20,21,24). The molecule has 1 heterocycles. The van der Waals surface area contributed by atoms with Crippen molar-refractivity contribution < 1.29 is 14.6 Å². The number of anilines is 1. The fourth-order valence-corrected chi connectivity index (χ4v) is 2.96. The molecular formula is C18H26N4O3. The molecule has 1 aliphatic heterocycles. The molecule has 2 amide bonds.